The van der Waals surface area contributed by atoms with Crippen LogP contribution in [-0.2, 0) is 4.74 Å². The Kier molecular flexibility index (Phi) is 4.02. The van der Waals surface area contributed by atoms with Gasteiger partial charge in [0.2, 0.25) is 0 Å². The average Bonchev–Trinajstić information content (AvgIpc) is 2.06. The third kappa shape index (κ3) is 3.11. The predicted molar refractivity (Wildman–Crippen MR) is 51.1 cm³/mol. The molecule has 0 aliphatic heterocycles. The van der Waals surface area contributed by atoms with Crippen molar-refractivity contribution in [3.63, 3.8) is 0 Å². The maximum absolute atomic E-state index is 5.83. The summed E-state index contributed by atoms with van der Waals surface area (Å²) in [5, 5.41) is 0. The van der Waals surface area contributed by atoms with Crippen molar-refractivity contribution in [1.82, 2.24) is 0 Å². The molecule has 72 valence electrons. The lowest BCUT2D eigenvalue weighted by Crippen LogP contribution is -2.32. The monoisotopic (exact) mass is 171 g/mol. The molecule has 0 atom stereocenters. The standard InChI is InChI=1S/C10H21NO/c1-10(12-9-5-8-11)6-3-2-4-7-10/h2-9,11H2,1H3. The molecule has 0 aromatic rings. The second-order valence-electron chi connectivity index (χ2n) is 4.00. The van der Waals surface area contributed by atoms with Gasteiger partial charge >= 0.3 is 0 Å². The molecule has 2 nitrogen and oxygen atoms in total. The molecular formula is C10H21NO. The topological polar surface area (TPSA) is 35.2 Å². The highest BCUT2D eigenvalue weighted by Gasteiger charge is 2.26. The maximum Gasteiger partial charge on any atom is 0.0654 e. The molecule has 0 amide bonds. The molecule has 2 N–H and O–H groups in total. The quantitative estimate of drug-likeness (QED) is 0.657. The van der Waals surface area contributed by atoms with E-state index in [0.717, 1.165) is 19.6 Å². The van der Waals surface area contributed by atoms with Crippen molar-refractivity contribution < 1.29 is 4.74 Å². The van der Waals surface area contributed by atoms with Gasteiger partial charge < -0.3 is 10.5 Å². The molecule has 12 heavy (non-hydrogen) atoms. The van der Waals surface area contributed by atoms with Gasteiger partial charge in [0.15, 0.2) is 0 Å². The minimum absolute atomic E-state index is 0.174. The Labute approximate surface area is 75.5 Å². The summed E-state index contributed by atoms with van der Waals surface area (Å²) < 4.78 is 5.83. The zero-order chi connectivity index (χ0) is 8.86. The third-order valence-corrected chi connectivity index (χ3v) is 2.71. The second-order valence-corrected chi connectivity index (χ2v) is 4.00. The zero-order valence-corrected chi connectivity index (χ0v) is 8.14. The third-order valence-electron chi connectivity index (χ3n) is 2.71. The van der Waals surface area contributed by atoms with E-state index < -0.39 is 0 Å². The fourth-order valence-corrected chi connectivity index (χ4v) is 1.85. The van der Waals surface area contributed by atoms with Gasteiger partial charge in [0.25, 0.3) is 0 Å². The summed E-state index contributed by atoms with van der Waals surface area (Å²) in [6.45, 7) is 3.83. The van der Waals surface area contributed by atoms with Gasteiger partial charge in [-0.3, -0.25) is 0 Å². The second kappa shape index (κ2) is 4.83. The first-order valence-corrected chi connectivity index (χ1v) is 5.11. The van der Waals surface area contributed by atoms with Crippen LogP contribution >= 0.6 is 0 Å². The van der Waals surface area contributed by atoms with Gasteiger partial charge in [-0.25, -0.2) is 0 Å². The van der Waals surface area contributed by atoms with Crippen LogP contribution in [0.4, 0.5) is 0 Å². The lowest BCUT2D eigenvalue weighted by atomic mass is 9.86. The molecule has 0 unspecified atom stereocenters. The van der Waals surface area contributed by atoms with E-state index in [-0.39, 0.29) is 5.60 Å². The largest absolute Gasteiger partial charge is 0.375 e. The highest BCUT2D eigenvalue weighted by molar-refractivity contribution is 4.79. The molecule has 0 bridgehead atoms. The normalized spacial score (nSPS) is 22.5. The van der Waals surface area contributed by atoms with Gasteiger partial charge in [-0.15, -0.1) is 0 Å². The van der Waals surface area contributed by atoms with Gasteiger partial charge in [-0.2, -0.15) is 0 Å². The molecule has 1 fully saturated rings. The van der Waals surface area contributed by atoms with E-state index in [1.165, 1.54) is 32.1 Å². The molecule has 0 spiro atoms. The molecule has 0 aromatic carbocycles. The van der Waals surface area contributed by atoms with E-state index in [9.17, 15) is 0 Å². The maximum atomic E-state index is 5.83. The van der Waals surface area contributed by atoms with E-state index in [2.05, 4.69) is 6.92 Å². The molecule has 0 aromatic heterocycles. The van der Waals surface area contributed by atoms with Crippen LogP contribution in [0.3, 0.4) is 0 Å². The number of rotatable bonds is 4. The van der Waals surface area contributed by atoms with Crippen molar-refractivity contribution >= 4 is 0 Å². The first-order chi connectivity index (χ1) is 5.77. The van der Waals surface area contributed by atoms with Crippen LogP contribution in [0.2, 0.25) is 0 Å². The van der Waals surface area contributed by atoms with Gasteiger partial charge in [0.1, 0.15) is 0 Å². The van der Waals surface area contributed by atoms with Gasteiger partial charge in [-0.05, 0) is 32.7 Å². The zero-order valence-electron chi connectivity index (χ0n) is 8.14. The highest BCUT2D eigenvalue weighted by atomic mass is 16.5. The summed E-state index contributed by atoms with van der Waals surface area (Å²) in [5.41, 5.74) is 5.58. The number of ether oxygens (including phenoxy) is 1. The summed E-state index contributed by atoms with van der Waals surface area (Å²) in [6, 6.07) is 0. The van der Waals surface area contributed by atoms with Crippen LogP contribution < -0.4 is 5.73 Å². The number of hydrogen-bond acceptors (Lipinski definition) is 2. The fraction of sp³-hybridized carbons (Fsp3) is 1.00. The van der Waals surface area contributed by atoms with Crippen molar-refractivity contribution in [2.45, 2.75) is 51.0 Å². The Morgan fingerprint density at radius 1 is 1.25 bits per heavy atom. The predicted octanol–water partition coefficient (Wildman–Crippen LogP) is 2.07. The van der Waals surface area contributed by atoms with Gasteiger partial charge in [0.05, 0.1) is 5.60 Å². The van der Waals surface area contributed by atoms with Crippen LogP contribution in [-0.4, -0.2) is 18.8 Å². The molecule has 1 saturated carbocycles. The van der Waals surface area contributed by atoms with Crippen molar-refractivity contribution in [3.8, 4) is 0 Å². The minimum atomic E-state index is 0.174. The number of nitrogens with two attached hydrogens (primary N) is 1. The lowest BCUT2D eigenvalue weighted by molar-refractivity contribution is -0.0562. The SMILES string of the molecule is CC1(OCCCN)CCCCC1. The first-order valence-electron chi connectivity index (χ1n) is 5.11. The number of hydrogen-bond donors (Lipinski definition) is 1. The Morgan fingerprint density at radius 3 is 2.50 bits per heavy atom. The van der Waals surface area contributed by atoms with Crippen LogP contribution in [0.5, 0.6) is 0 Å². The van der Waals surface area contributed by atoms with Crippen molar-refractivity contribution in [2.75, 3.05) is 13.2 Å². The Morgan fingerprint density at radius 2 is 1.92 bits per heavy atom. The first kappa shape index (κ1) is 10.0. The summed E-state index contributed by atoms with van der Waals surface area (Å²) in [6.07, 6.45) is 7.51. The Balaban J connectivity index is 2.17. The van der Waals surface area contributed by atoms with Crippen LogP contribution in [0, 0.1) is 0 Å². The van der Waals surface area contributed by atoms with E-state index in [0.29, 0.717) is 0 Å². The average molecular weight is 171 g/mol. The van der Waals surface area contributed by atoms with Crippen molar-refractivity contribution in [1.29, 1.82) is 0 Å². The molecule has 2 heteroatoms. The Hall–Kier alpha value is -0.0800. The van der Waals surface area contributed by atoms with Crippen LogP contribution in [0.25, 0.3) is 0 Å². The summed E-state index contributed by atoms with van der Waals surface area (Å²) >= 11 is 0. The molecule has 0 heterocycles. The van der Waals surface area contributed by atoms with E-state index in [1.807, 2.05) is 0 Å². The summed E-state index contributed by atoms with van der Waals surface area (Å²) in [4.78, 5) is 0. The summed E-state index contributed by atoms with van der Waals surface area (Å²) in [5.74, 6) is 0. The highest BCUT2D eigenvalue weighted by Crippen LogP contribution is 2.30. The van der Waals surface area contributed by atoms with Crippen LogP contribution in [0.1, 0.15) is 45.4 Å². The Bertz CT molecular complexity index is 119. The molecular weight excluding hydrogens is 150 g/mol. The van der Waals surface area contributed by atoms with Gasteiger partial charge in [0, 0.05) is 6.61 Å². The fourth-order valence-electron chi connectivity index (χ4n) is 1.85. The van der Waals surface area contributed by atoms with Crippen molar-refractivity contribution in [2.24, 2.45) is 5.73 Å². The smallest absolute Gasteiger partial charge is 0.0654 e. The molecule has 0 radical (unpaired) electrons. The molecule has 1 rings (SSSR count). The molecule has 0 saturated heterocycles. The van der Waals surface area contributed by atoms with E-state index >= 15 is 0 Å². The molecule has 1 aliphatic carbocycles. The molecule has 1 aliphatic rings. The van der Waals surface area contributed by atoms with Crippen molar-refractivity contribution in [3.05, 3.63) is 0 Å². The lowest BCUT2D eigenvalue weighted by Gasteiger charge is -2.33. The van der Waals surface area contributed by atoms with Crippen LogP contribution in [0.15, 0.2) is 0 Å². The minimum Gasteiger partial charge on any atom is -0.375 e. The van der Waals surface area contributed by atoms with Gasteiger partial charge in [-0.1, -0.05) is 19.3 Å². The van der Waals surface area contributed by atoms with E-state index in [1.54, 1.807) is 0 Å². The summed E-state index contributed by atoms with van der Waals surface area (Å²) in [7, 11) is 0. The van der Waals surface area contributed by atoms with E-state index in [4.69, 9.17) is 10.5 Å².